The van der Waals surface area contributed by atoms with E-state index in [1.165, 1.54) is 12.1 Å². The van der Waals surface area contributed by atoms with E-state index in [0.29, 0.717) is 18.5 Å². The summed E-state index contributed by atoms with van der Waals surface area (Å²) in [5, 5.41) is 2.93. The van der Waals surface area contributed by atoms with E-state index in [0.717, 1.165) is 11.8 Å². The lowest BCUT2D eigenvalue weighted by molar-refractivity contribution is 0.572. The lowest BCUT2D eigenvalue weighted by Crippen LogP contribution is -2.23. The first-order valence-corrected chi connectivity index (χ1v) is 6.21. The van der Waals surface area contributed by atoms with Crippen LogP contribution in [0.4, 0.5) is 14.5 Å². The number of nitrogens with one attached hydrogen (secondary N) is 1. The van der Waals surface area contributed by atoms with Crippen molar-refractivity contribution >= 4 is 35.6 Å². The van der Waals surface area contributed by atoms with Crippen LogP contribution in [0.25, 0.3) is 0 Å². The molecule has 0 heterocycles. The number of hydrogen-bond donors (Lipinski definition) is 2. The Labute approximate surface area is 139 Å². The zero-order valence-electron chi connectivity index (χ0n) is 11.2. The molecule has 2 aromatic carbocycles. The molecule has 0 aromatic heterocycles. The molecule has 2 aromatic rings. The minimum Gasteiger partial charge on any atom is -0.370 e. The number of benzene rings is 2. The number of aliphatic imine (C=N–C) groups is 1. The smallest absolute Gasteiger partial charge is 0.193 e. The zero-order chi connectivity index (χ0) is 14.4. The monoisotopic (exact) mass is 403 g/mol. The summed E-state index contributed by atoms with van der Waals surface area (Å²) in [5.74, 6) is -0.881. The molecule has 0 spiro atoms. The highest BCUT2D eigenvalue weighted by atomic mass is 127. The van der Waals surface area contributed by atoms with Crippen molar-refractivity contribution in [2.45, 2.75) is 6.42 Å². The van der Waals surface area contributed by atoms with Crippen molar-refractivity contribution in [3.8, 4) is 0 Å². The standard InChI is InChI=1S/C15H15F2N3.HI/c16-12-7-6-11(14(17)10-12)8-9-19-15(18)20-13-4-2-1-3-5-13;/h1-7,10H,8-9H2,(H3,18,19,20);1H. The molecular weight excluding hydrogens is 387 g/mol. The van der Waals surface area contributed by atoms with Crippen LogP contribution >= 0.6 is 24.0 Å². The van der Waals surface area contributed by atoms with E-state index >= 15 is 0 Å². The van der Waals surface area contributed by atoms with Crippen molar-refractivity contribution in [3.05, 3.63) is 65.7 Å². The van der Waals surface area contributed by atoms with Crippen LogP contribution in [-0.2, 0) is 6.42 Å². The number of nitrogens with zero attached hydrogens (tertiary/aromatic N) is 1. The van der Waals surface area contributed by atoms with Crippen molar-refractivity contribution in [2.24, 2.45) is 10.7 Å². The van der Waals surface area contributed by atoms with Crippen LogP contribution in [0, 0.1) is 11.6 Å². The van der Waals surface area contributed by atoms with Crippen molar-refractivity contribution in [1.82, 2.24) is 0 Å². The first-order chi connectivity index (χ1) is 9.65. The Hall–Kier alpha value is -1.70. The summed E-state index contributed by atoms with van der Waals surface area (Å²) in [5.41, 5.74) is 6.97. The minimum atomic E-state index is -0.583. The number of para-hydroxylation sites is 1. The lowest BCUT2D eigenvalue weighted by atomic mass is 10.1. The third-order valence-electron chi connectivity index (χ3n) is 2.72. The average Bonchev–Trinajstić information content (AvgIpc) is 2.42. The number of rotatable bonds is 4. The Morgan fingerprint density at radius 2 is 1.81 bits per heavy atom. The van der Waals surface area contributed by atoms with Gasteiger partial charge in [0, 0.05) is 18.3 Å². The van der Waals surface area contributed by atoms with E-state index in [1.54, 1.807) is 0 Å². The molecule has 0 saturated carbocycles. The molecule has 3 nitrogen and oxygen atoms in total. The summed E-state index contributed by atoms with van der Waals surface area (Å²) in [7, 11) is 0. The molecule has 3 N–H and O–H groups in total. The fourth-order valence-electron chi connectivity index (χ4n) is 1.73. The summed E-state index contributed by atoms with van der Waals surface area (Å²) in [6, 6.07) is 12.9. The minimum absolute atomic E-state index is 0. The molecule has 0 saturated heterocycles. The molecule has 2 rings (SSSR count). The maximum absolute atomic E-state index is 13.4. The van der Waals surface area contributed by atoms with Crippen LogP contribution in [-0.4, -0.2) is 12.5 Å². The summed E-state index contributed by atoms with van der Waals surface area (Å²) in [4.78, 5) is 4.10. The van der Waals surface area contributed by atoms with Gasteiger partial charge in [-0.2, -0.15) is 0 Å². The van der Waals surface area contributed by atoms with Crippen molar-refractivity contribution < 1.29 is 8.78 Å². The first-order valence-electron chi connectivity index (χ1n) is 6.21. The maximum atomic E-state index is 13.4. The van der Waals surface area contributed by atoms with Crippen LogP contribution in [0.3, 0.4) is 0 Å². The van der Waals surface area contributed by atoms with Crippen LogP contribution in [0.15, 0.2) is 53.5 Å². The van der Waals surface area contributed by atoms with E-state index in [9.17, 15) is 8.78 Å². The summed E-state index contributed by atoms with van der Waals surface area (Å²) >= 11 is 0. The van der Waals surface area contributed by atoms with Gasteiger partial charge in [-0.15, -0.1) is 24.0 Å². The SMILES string of the molecule is I.NC(=NCCc1ccc(F)cc1F)Nc1ccccc1. The molecule has 0 atom stereocenters. The molecule has 0 bridgehead atoms. The molecule has 6 heteroatoms. The second-order valence-electron chi connectivity index (χ2n) is 4.24. The largest absolute Gasteiger partial charge is 0.370 e. The van der Waals surface area contributed by atoms with E-state index < -0.39 is 11.6 Å². The molecule has 0 aliphatic rings. The highest BCUT2D eigenvalue weighted by molar-refractivity contribution is 14.0. The third-order valence-corrected chi connectivity index (χ3v) is 2.72. The van der Waals surface area contributed by atoms with Gasteiger partial charge in [0.1, 0.15) is 11.6 Å². The molecule has 0 unspecified atom stereocenters. The van der Waals surface area contributed by atoms with Gasteiger partial charge in [0.15, 0.2) is 5.96 Å². The predicted octanol–water partition coefficient (Wildman–Crippen LogP) is 3.55. The molecule has 112 valence electrons. The Morgan fingerprint density at radius 1 is 1.10 bits per heavy atom. The first kappa shape index (κ1) is 17.4. The van der Waals surface area contributed by atoms with Gasteiger partial charge in [0.2, 0.25) is 0 Å². The van der Waals surface area contributed by atoms with Gasteiger partial charge >= 0.3 is 0 Å². The Kier molecular flexibility index (Phi) is 7.07. The summed E-state index contributed by atoms with van der Waals surface area (Å²) in [6.45, 7) is 0.328. The quantitative estimate of drug-likeness (QED) is 0.466. The van der Waals surface area contributed by atoms with Crippen LogP contribution in [0.2, 0.25) is 0 Å². The third kappa shape index (κ3) is 5.66. The fraction of sp³-hybridized carbons (Fsp3) is 0.133. The van der Waals surface area contributed by atoms with Gasteiger partial charge in [-0.25, -0.2) is 8.78 Å². The van der Waals surface area contributed by atoms with Crippen molar-refractivity contribution in [2.75, 3.05) is 11.9 Å². The van der Waals surface area contributed by atoms with E-state index in [-0.39, 0.29) is 29.9 Å². The van der Waals surface area contributed by atoms with Gasteiger partial charge in [-0.1, -0.05) is 24.3 Å². The normalized spacial score (nSPS) is 10.9. The molecule has 0 radical (unpaired) electrons. The number of hydrogen-bond acceptors (Lipinski definition) is 1. The van der Waals surface area contributed by atoms with Crippen molar-refractivity contribution in [1.29, 1.82) is 0 Å². The van der Waals surface area contributed by atoms with Gasteiger partial charge in [0.25, 0.3) is 0 Å². The van der Waals surface area contributed by atoms with E-state index in [1.807, 2.05) is 30.3 Å². The predicted molar refractivity (Wildman–Crippen MR) is 92.0 cm³/mol. The second-order valence-corrected chi connectivity index (χ2v) is 4.24. The molecule has 0 amide bonds. The molecule has 0 aliphatic carbocycles. The van der Waals surface area contributed by atoms with E-state index in [2.05, 4.69) is 10.3 Å². The topological polar surface area (TPSA) is 50.4 Å². The van der Waals surface area contributed by atoms with Crippen LogP contribution in [0.5, 0.6) is 0 Å². The fourth-order valence-corrected chi connectivity index (χ4v) is 1.73. The van der Waals surface area contributed by atoms with Crippen LogP contribution in [0.1, 0.15) is 5.56 Å². The van der Waals surface area contributed by atoms with Crippen molar-refractivity contribution in [3.63, 3.8) is 0 Å². The van der Waals surface area contributed by atoms with Gasteiger partial charge < -0.3 is 11.1 Å². The molecular formula is C15H16F2IN3. The van der Waals surface area contributed by atoms with Gasteiger partial charge in [-0.05, 0) is 30.2 Å². The van der Waals surface area contributed by atoms with Gasteiger partial charge in [-0.3, -0.25) is 4.99 Å². The highest BCUT2D eigenvalue weighted by Crippen LogP contribution is 2.10. The van der Waals surface area contributed by atoms with Gasteiger partial charge in [0.05, 0.1) is 0 Å². The van der Waals surface area contributed by atoms with Crippen LogP contribution < -0.4 is 11.1 Å². The number of guanidine groups is 1. The molecule has 0 aliphatic heterocycles. The van der Waals surface area contributed by atoms with E-state index in [4.69, 9.17) is 5.73 Å². The average molecular weight is 403 g/mol. The zero-order valence-corrected chi connectivity index (χ0v) is 13.6. The highest BCUT2D eigenvalue weighted by Gasteiger charge is 2.03. The summed E-state index contributed by atoms with van der Waals surface area (Å²) < 4.78 is 26.1. The maximum Gasteiger partial charge on any atom is 0.193 e. The lowest BCUT2D eigenvalue weighted by Gasteiger charge is -2.05. The number of nitrogens with two attached hydrogens (primary N) is 1. The Bertz CT molecular complexity index is 603. The number of anilines is 1. The Balaban J connectivity index is 0.00000220. The number of halogens is 3. The second kappa shape index (κ2) is 8.56. The molecule has 21 heavy (non-hydrogen) atoms. The molecule has 0 fully saturated rings. The summed E-state index contributed by atoms with van der Waals surface area (Å²) in [6.07, 6.45) is 0.364. The Morgan fingerprint density at radius 3 is 2.48 bits per heavy atom.